The Morgan fingerprint density at radius 1 is 1.45 bits per heavy atom. The summed E-state index contributed by atoms with van der Waals surface area (Å²) in [6.45, 7) is 0.501. The Kier molecular flexibility index (Phi) is 2.86. The Balaban J connectivity index is 1.86. The van der Waals surface area contributed by atoms with Crippen LogP contribution in [0.3, 0.4) is 0 Å². The summed E-state index contributed by atoms with van der Waals surface area (Å²) in [4.78, 5) is 22.0. The van der Waals surface area contributed by atoms with Crippen LogP contribution >= 0.6 is 0 Å². The maximum Gasteiger partial charge on any atom is 0.292 e. The van der Waals surface area contributed by atoms with Gasteiger partial charge in [-0.25, -0.2) is 0 Å². The standard InChI is InChI=1S/C13H16N4O3/c14-13(2-1-3-13)7-15-10-6-9-8(5-12(18)16-9)4-11(10)17(19)20/h4,6,15H,1-3,5,7,14H2,(H,16,18). The number of nitro groups is 1. The smallest absolute Gasteiger partial charge is 0.292 e. The first-order valence-corrected chi connectivity index (χ1v) is 6.61. The van der Waals surface area contributed by atoms with Crippen molar-refractivity contribution in [3.05, 3.63) is 27.8 Å². The van der Waals surface area contributed by atoms with E-state index in [4.69, 9.17) is 5.73 Å². The Morgan fingerprint density at radius 2 is 2.20 bits per heavy atom. The number of fused-ring (bicyclic) bond motifs is 1. The van der Waals surface area contributed by atoms with E-state index in [9.17, 15) is 14.9 Å². The van der Waals surface area contributed by atoms with Gasteiger partial charge in [0.1, 0.15) is 5.69 Å². The molecule has 2 aliphatic rings. The third-order valence-corrected chi connectivity index (χ3v) is 4.02. The van der Waals surface area contributed by atoms with Crippen LogP contribution < -0.4 is 16.4 Å². The van der Waals surface area contributed by atoms with Gasteiger partial charge in [-0.2, -0.15) is 0 Å². The first kappa shape index (κ1) is 12.9. The molecule has 1 heterocycles. The van der Waals surface area contributed by atoms with Crippen LogP contribution in [0.5, 0.6) is 0 Å². The number of hydrogen-bond donors (Lipinski definition) is 3. The van der Waals surface area contributed by atoms with Crippen LogP contribution in [0, 0.1) is 10.1 Å². The summed E-state index contributed by atoms with van der Waals surface area (Å²) in [5.74, 6) is -0.138. The second-order valence-corrected chi connectivity index (χ2v) is 5.58. The van der Waals surface area contributed by atoms with Crippen molar-refractivity contribution in [1.29, 1.82) is 0 Å². The number of hydrogen-bond acceptors (Lipinski definition) is 5. The lowest BCUT2D eigenvalue weighted by Crippen LogP contribution is -2.52. The van der Waals surface area contributed by atoms with Crippen molar-refractivity contribution < 1.29 is 9.72 Å². The topological polar surface area (TPSA) is 110 Å². The number of amides is 1. The molecule has 0 atom stereocenters. The highest BCUT2D eigenvalue weighted by Gasteiger charge is 2.33. The zero-order valence-electron chi connectivity index (χ0n) is 10.9. The summed E-state index contributed by atoms with van der Waals surface area (Å²) in [6.07, 6.45) is 3.14. The van der Waals surface area contributed by atoms with Gasteiger partial charge in [-0.3, -0.25) is 14.9 Å². The van der Waals surface area contributed by atoms with E-state index < -0.39 is 4.92 Å². The molecule has 7 heteroatoms. The van der Waals surface area contributed by atoms with Gasteiger partial charge in [0, 0.05) is 23.8 Å². The molecule has 1 aliphatic carbocycles. The van der Waals surface area contributed by atoms with Gasteiger partial charge < -0.3 is 16.4 Å². The number of nitrogens with two attached hydrogens (primary N) is 1. The molecule has 4 N–H and O–H groups in total. The summed E-state index contributed by atoms with van der Waals surface area (Å²) in [5.41, 5.74) is 7.55. The largest absolute Gasteiger partial charge is 0.378 e. The molecular formula is C13H16N4O3. The molecule has 7 nitrogen and oxygen atoms in total. The number of nitro benzene ring substituents is 1. The highest BCUT2D eigenvalue weighted by Crippen LogP contribution is 2.36. The minimum Gasteiger partial charge on any atom is -0.378 e. The lowest BCUT2D eigenvalue weighted by atomic mass is 9.78. The van der Waals surface area contributed by atoms with Crippen molar-refractivity contribution >= 4 is 23.0 Å². The van der Waals surface area contributed by atoms with Gasteiger partial charge in [0.25, 0.3) is 5.69 Å². The molecule has 1 saturated carbocycles. The van der Waals surface area contributed by atoms with Crippen LogP contribution in [0.4, 0.5) is 17.1 Å². The predicted molar refractivity (Wildman–Crippen MR) is 74.7 cm³/mol. The minimum atomic E-state index is -0.435. The highest BCUT2D eigenvalue weighted by atomic mass is 16.6. The molecule has 1 aromatic rings. The number of nitrogens with one attached hydrogen (secondary N) is 2. The van der Waals surface area contributed by atoms with Crippen LogP contribution in [0.1, 0.15) is 24.8 Å². The maximum atomic E-state index is 11.3. The predicted octanol–water partition coefficient (Wildman–Crippen LogP) is 1.38. The van der Waals surface area contributed by atoms with Gasteiger partial charge in [-0.15, -0.1) is 0 Å². The summed E-state index contributed by atoms with van der Waals surface area (Å²) in [7, 11) is 0. The van der Waals surface area contributed by atoms with Crippen molar-refractivity contribution in [1.82, 2.24) is 0 Å². The van der Waals surface area contributed by atoms with Crippen LogP contribution in [0.2, 0.25) is 0 Å². The molecule has 0 saturated heterocycles. The Bertz CT molecular complexity index is 596. The molecular weight excluding hydrogens is 260 g/mol. The lowest BCUT2D eigenvalue weighted by molar-refractivity contribution is -0.384. The van der Waals surface area contributed by atoms with Crippen molar-refractivity contribution in [2.75, 3.05) is 17.2 Å². The zero-order chi connectivity index (χ0) is 14.3. The number of nitrogens with zero attached hydrogens (tertiary/aromatic N) is 1. The molecule has 3 rings (SSSR count). The summed E-state index contributed by atoms with van der Waals surface area (Å²) in [5, 5.41) is 16.9. The third-order valence-electron chi connectivity index (χ3n) is 4.02. The number of rotatable bonds is 4. The van der Waals surface area contributed by atoms with Crippen LogP contribution in [-0.4, -0.2) is 22.9 Å². The molecule has 106 valence electrons. The van der Waals surface area contributed by atoms with Crippen molar-refractivity contribution in [3.63, 3.8) is 0 Å². The molecule has 1 fully saturated rings. The normalized spacial score (nSPS) is 18.9. The molecule has 1 aliphatic heterocycles. The fourth-order valence-electron chi connectivity index (χ4n) is 2.63. The van der Waals surface area contributed by atoms with E-state index >= 15 is 0 Å². The second-order valence-electron chi connectivity index (χ2n) is 5.58. The van der Waals surface area contributed by atoms with Crippen LogP contribution in [-0.2, 0) is 11.2 Å². The van der Waals surface area contributed by atoms with Crippen molar-refractivity contribution in [2.45, 2.75) is 31.2 Å². The number of carbonyl (C=O) groups excluding carboxylic acids is 1. The Morgan fingerprint density at radius 3 is 2.80 bits per heavy atom. The van der Waals surface area contributed by atoms with Gasteiger partial charge in [-0.1, -0.05) is 0 Å². The molecule has 0 radical (unpaired) electrons. The molecule has 20 heavy (non-hydrogen) atoms. The molecule has 1 aromatic carbocycles. The van der Waals surface area contributed by atoms with E-state index in [1.807, 2.05) is 0 Å². The zero-order valence-corrected chi connectivity index (χ0v) is 10.9. The summed E-state index contributed by atoms with van der Waals surface area (Å²) >= 11 is 0. The molecule has 0 unspecified atom stereocenters. The van der Waals surface area contributed by atoms with E-state index in [1.165, 1.54) is 6.07 Å². The monoisotopic (exact) mass is 276 g/mol. The van der Waals surface area contributed by atoms with E-state index in [2.05, 4.69) is 10.6 Å². The number of anilines is 2. The maximum absolute atomic E-state index is 11.3. The fraction of sp³-hybridized carbons (Fsp3) is 0.462. The van der Waals surface area contributed by atoms with Crippen molar-refractivity contribution in [3.8, 4) is 0 Å². The van der Waals surface area contributed by atoms with Gasteiger partial charge >= 0.3 is 0 Å². The van der Waals surface area contributed by atoms with Crippen LogP contribution in [0.15, 0.2) is 12.1 Å². The van der Waals surface area contributed by atoms with E-state index in [1.54, 1.807) is 6.07 Å². The van der Waals surface area contributed by atoms with E-state index in [0.717, 1.165) is 19.3 Å². The summed E-state index contributed by atoms with van der Waals surface area (Å²) < 4.78 is 0. The fourth-order valence-corrected chi connectivity index (χ4v) is 2.63. The van der Waals surface area contributed by atoms with Crippen LogP contribution in [0.25, 0.3) is 0 Å². The second kappa shape index (κ2) is 4.45. The van der Waals surface area contributed by atoms with E-state index in [-0.39, 0.29) is 23.6 Å². The molecule has 0 bridgehead atoms. The quantitative estimate of drug-likeness (QED) is 0.568. The van der Waals surface area contributed by atoms with Gasteiger partial charge in [0.2, 0.25) is 5.91 Å². The highest BCUT2D eigenvalue weighted by molar-refractivity contribution is 6.00. The Hall–Kier alpha value is -2.15. The molecule has 0 spiro atoms. The van der Waals surface area contributed by atoms with Gasteiger partial charge in [-0.05, 0) is 30.9 Å². The summed E-state index contributed by atoms with van der Waals surface area (Å²) in [6, 6.07) is 3.08. The lowest BCUT2D eigenvalue weighted by Gasteiger charge is -2.38. The van der Waals surface area contributed by atoms with Gasteiger partial charge in [0.05, 0.1) is 11.3 Å². The third kappa shape index (κ3) is 2.20. The number of carbonyl (C=O) groups is 1. The van der Waals surface area contributed by atoms with E-state index in [0.29, 0.717) is 23.5 Å². The first-order valence-electron chi connectivity index (χ1n) is 6.61. The van der Waals surface area contributed by atoms with Gasteiger partial charge in [0.15, 0.2) is 0 Å². The average molecular weight is 276 g/mol. The first-order chi connectivity index (χ1) is 9.47. The number of benzene rings is 1. The molecule has 0 aromatic heterocycles. The average Bonchev–Trinajstić information content (AvgIpc) is 2.71. The Labute approximate surface area is 115 Å². The molecule has 1 amide bonds. The minimum absolute atomic E-state index is 0.0110. The SMILES string of the molecule is NC1(CNc2cc3c(cc2[N+](=O)[O-])CC(=O)N3)CCC1. The van der Waals surface area contributed by atoms with Crippen molar-refractivity contribution in [2.24, 2.45) is 5.73 Å².